The Morgan fingerprint density at radius 3 is 2.37 bits per heavy atom. The molecule has 3 atom stereocenters. The van der Waals surface area contributed by atoms with Gasteiger partial charge >= 0.3 is 0 Å². The number of rotatable bonds is 7. The lowest BCUT2D eigenvalue weighted by molar-refractivity contribution is -0.127. The second-order valence-electron chi connectivity index (χ2n) is 8.81. The summed E-state index contributed by atoms with van der Waals surface area (Å²) >= 11 is 0. The normalized spacial score (nSPS) is 24.1. The number of carbonyl (C=O) groups is 1. The molecule has 1 aromatic rings. The van der Waals surface area contributed by atoms with E-state index < -0.39 is 0 Å². The average Bonchev–Trinajstić information content (AvgIpc) is 3.33. The summed E-state index contributed by atoms with van der Waals surface area (Å²) in [6, 6.07) is 10.9. The van der Waals surface area contributed by atoms with Crippen molar-refractivity contribution in [2.45, 2.75) is 76.8 Å². The summed E-state index contributed by atoms with van der Waals surface area (Å²) in [5.74, 6) is 1.59. The van der Waals surface area contributed by atoms with Crippen molar-refractivity contribution in [2.75, 3.05) is 7.05 Å². The van der Waals surface area contributed by atoms with Crippen molar-refractivity contribution in [1.29, 1.82) is 0 Å². The maximum absolute atomic E-state index is 13.1. The molecule has 3 unspecified atom stereocenters. The zero-order valence-electron chi connectivity index (χ0n) is 17.3. The molecule has 3 rings (SSSR count). The van der Waals surface area contributed by atoms with Crippen molar-refractivity contribution in [3.8, 4) is 0 Å². The lowest BCUT2D eigenvalue weighted by Gasteiger charge is -2.38. The first-order valence-electron chi connectivity index (χ1n) is 10.8. The van der Waals surface area contributed by atoms with Crippen molar-refractivity contribution >= 4 is 5.91 Å². The van der Waals surface area contributed by atoms with E-state index in [2.05, 4.69) is 54.2 Å². The van der Waals surface area contributed by atoms with E-state index in [1.165, 1.54) is 37.7 Å². The topological polar surface area (TPSA) is 32.3 Å². The van der Waals surface area contributed by atoms with Gasteiger partial charge in [-0.1, -0.05) is 56.2 Å². The van der Waals surface area contributed by atoms with E-state index in [0.29, 0.717) is 17.8 Å². The molecule has 27 heavy (non-hydrogen) atoms. The molecule has 1 amide bonds. The van der Waals surface area contributed by atoms with E-state index in [-0.39, 0.29) is 18.0 Å². The molecular formula is C24H36N2O. The molecule has 2 aliphatic carbocycles. The number of hydrogen-bond donors (Lipinski definition) is 1. The maximum atomic E-state index is 13.1. The first-order chi connectivity index (χ1) is 13.0. The summed E-state index contributed by atoms with van der Waals surface area (Å²) < 4.78 is 0. The molecule has 0 aromatic heterocycles. The lowest BCUT2D eigenvalue weighted by atomic mass is 9.85. The number of hydrogen-bond acceptors (Lipinski definition) is 2. The van der Waals surface area contributed by atoms with Gasteiger partial charge in [0.05, 0.1) is 0 Å². The maximum Gasteiger partial charge on any atom is 0.243 e. The Morgan fingerprint density at radius 2 is 1.74 bits per heavy atom. The fourth-order valence-electron chi connectivity index (χ4n) is 5.25. The Morgan fingerprint density at radius 1 is 1.07 bits per heavy atom. The minimum Gasteiger partial charge on any atom is -0.366 e. The van der Waals surface area contributed by atoms with E-state index in [9.17, 15) is 4.79 Å². The van der Waals surface area contributed by atoms with Gasteiger partial charge < -0.3 is 10.2 Å². The molecular weight excluding hydrogens is 332 g/mol. The van der Waals surface area contributed by atoms with Crippen molar-refractivity contribution < 1.29 is 4.79 Å². The van der Waals surface area contributed by atoms with Gasteiger partial charge in [-0.25, -0.2) is 0 Å². The van der Waals surface area contributed by atoms with Gasteiger partial charge in [-0.15, -0.1) is 0 Å². The highest BCUT2D eigenvalue weighted by atomic mass is 16.2. The molecule has 0 spiro atoms. The Balaban J connectivity index is 1.78. The number of benzene rings is 1. The van der Waals surface area contributed by atoms with Crippen LogP contribution < -0.4 is 5.32 Å². The van der Waals surface area contributed by atoms with E-state index in [0.717, 1.165) is 18.5 Å². The van der Waals surface area contributed by atoms with Gasteiger partial charge in [0.1, 0.15) is 6.04 Å². The van der Waals surface area contributed by atoms with Gasteiger partial charge in [-0.05, 0) is 56.9 Å². The smallest absolute Gasteiger partial charge is 0.243 e. The Hall–Kier alpha value is -1.77. The second kappa shape index (κ2) is 8.95. The van der Waals surface area contributed by atoms with Crippen LogP contribution >= 0.6 is 0 Å². The summed E-state index contributed by atoms with van der Waals surface area (Å²) in [6.07, 6.45) is 8.42. The number of carbonyl (C=O) groups excluding carboxylic acids is 1. The van der Waals surface area contributed by atoms with Gasteiger partial charge in [0.25, 0.3) is 0 Å². The van der Waals surface area contributed by atoms with Crippen molar-refractivity contribution in [1.82, 2.24) is 10.2 Å². The van der Waals surface area contributed by atoms with Gasteiger partial charge in [0, 0.05) is 24.7 Å². The summed E-state index contributed by atoms with van der Waals surface area (Å²) in [5, 5.41) is 3.17. The van der Waals surface area contributed by atoms with Crippen LogP contribution in [0.5, 0.6) is 0 Å². The first kappa shape index (κ1) is 20.0. The Bertz CT molecular complexity index is 633. The van der Waals surface area contributed by atoms with E-state index >= 15 is 0 Å². The summed E-state index contributed by atoms with van der Waals surface area (Å²) in [7, 11) is 2.10. The molecule has 0 saturated heterocycles. The molecule has 0 aliphatic heterocycles. The SMILES string of the molecule is C=C(C1CCCC1c1ccccc1)N(C)C(C(=O)NC(C)C)C1CCCC1. The van der Waals surface area contributed by atoms with Gasteiger partial charge in [-0.2, -0.15) is 0 Å². The van der Waals surface area contributed by atoms with Gasteiger partial charge in [-0.3, -0.25) is 4.79 Å². The van der Waals surface area contributed by atoms with Crippen LogP contribution in [-0.2, 0) is 4.79 Å². The highest BCUT2D eigenvalue weighted by Crippen LogP contribution is 2.44. The second-order valence-corrected chi connectivity index (χ2v) is 8.81. The predicted molar refractivity (Wildman–Crippen MR) is 112 cm³/mol. The molecule has 3 nitrogen and oxygen atoms in total. The summed E-state index contributed by atoms with van der Waals surface area (Å²) in [6.45, 7) is 8.60. The van der Waals surface area contributed by atoms with Crippen LogP contribution in [0.4, 0.5) is 0 Å². The van der Waals surface area contributed by atoms with Crippen LogP contribution in [0.2, 0.25) is 0 Å². The van der Waals surface area contributed by atoms with Crippen LogP contribution in [0, 0.1) is 11.8 Å². The zero-order valence-corrected chi connectivity index (χ0v) is 17.3. The number of allylic oxidation sites excluding steroid dienone is 1. The zero-order chi connectivity index (χ0) is 19.4. The third kappa shape index (κ3) is 4.56. The molecule has 0 heterocycles. The van der Waals surface area contributed by atoms with Crippen LogP contribution in [0.1, 0.15) is 70.3 Å². The molecule has 0 bridgehead atoms. The average molecular weight is 369 g/mol. The molecule has 148 valence electrons. The highest BCUT2D eigenvalue weighted by molar-refractivity contribution is 5.82. The van der Waals surface area contributed by atoms with Crippen LogP contribution in [0.3, 0.4) is 0 Å². The van der Waals surface area contributed by atoms with Crippen molar-refractivity contribution in [3.63, 3.8) is 0 Å². The van der Waals surface area contributed by atoms with E-state index in [1.54, 1.807) is 0 Å². The van der Waals surface area contributed by atoms with Crippen LogP contribution in [0.15, 0.2) is 42.6 Å². The predicted octanol–water partition coefficient (Wildman–Crippen LogP) is 5.10. The van der Waals surface area contributed by atoms with Crippen LogP contribution in [-0.4, -0.2) is 29.9 Å². The van der Waals surface area contributed by atoms with Crippen LogP contribution in [0.25, 0.3) is 0 Å². The molecule has 1 aromatic carbocycles. The quantitative estimate of drug-likeness (QED) is 0.726. The monoisotopic (exact) mass is 368 g/mol. The molecule has 3 heteroatoms. The molecule has 2 saturated carbocycles. The fourth-order valence-corrected chi connectivity index (χ4v) is 5.25. The standard InChI is InChI=1S/C24H36N2O/c1-17(2)25-24(27)23(20-13-8-9-14-20)26(4)18(3)21-15-10-16-22(21)19-11-6-5-7-12-19/h5-7,11-12,17,20-23H,3,8-10,13-16H2,1-2,4H3,(H,25,27). The summed E-state index contributed by atoms with van der Waals surface area (Å²) in [5.41, 5.74) is 2.57. The van der Waals surface area contributed by atoms with Crippen molar-refractivity contribution in [2.24, 2.45) is 11.8 Å². The van der Waals surface area contributed by atoms with E-state index in [4.69, 9.17) is 0 Å². The third-order valence-corrected chi connectivity index (χ3v) is 6.59. The third-order valence-electron chi connectivity index (χ3n) is 6.59. The number of nitrogens with zero attached hydrogens (tertiary/aromatic N) is 1. The first-order valence-corrected chi connectivity index (χ1v) is 10.8. The Labute approximate surface area is 165 Å². The lowest BCUT2D eigenvalue weighted by Crippen LogP contribution is -2.51. The summed E-state index contributed by atoms with van der Waals surface area (Å²) in [4.78, 5) is 15.3. The molecule has 1 N–H and O–H groups in total. The molecule has 0 radical (unpaired) electrons. The number of nitrogens with one attached hydrogen (secondary N) is 1. The minimum absolute atomic E-state index is 0.0839. The Kier molecular flexibility index (Phi) is 6.62. The van der Waals surface area contributed by atoms with Gasteiger partial charge in [0.15, 0.2) is 0 Å². The van der Waals surface area contributed by atoms with Gasteiger partial charge in [0.2, 0.25) is 5.91 Å². The molecule has 2 aliphatic rings. The highest BCUT2D eigenvalue weighted by Gasteiger charge is 2.38. The minimum atomic E-state index is -0.0839. The number of amides is 1. The van der Waals surface area contributed by atoms with Crippen molar-refractivity contribution in [3.05, 3.63) is 48.2 Å². The van der Waals surface area contributed by atoms with E-state index in [1.807, 2.05) is 13.8 Å². The number of likely N-dealkylation sites (N-methyl/N-ethyl adjacent to an activating group) is 1. The largest absolute Gasteiger partial charge is 0.366 e. The fraction of sp³-hybridized carbons (Fsp3) is 0.625. The molecule has 2 fully saturated rings.